The number of nitrogens with zero attached hydrogens (tertiary/aromatic N) is 1. The van der Waals surface area contributed by atoms with Crippen LogP contribution in [0.3, 0.4) is 0 Å². The van der Waals surface area contributed by atoms with Crippen molar-refractivity contribution in [2.45, 2.75) is 20.4 Å². The van der Waals surface area contributed by atoms with Crippen LogP contribution in [-0.2, 0) is 6.54 Å². The van der Waals surface area contributed by atoms with Crippen LogP contribution in [-0.4, -0.2) is 19.1 Å². The molecule has 0 aliphatic carbocycles. The molecule has 0 fully saturated rings. The Morgan fingerprint density at radius 3 is 2.44 bits per heavy atom. The average molecular weight is 415 g/mol. The second-order valence-corrected chi connectivity index (χ2v) is 5.40. The van der Waals surface area contributed by atoms with Crippen molar-refractivity contribution in [2.75, 3.05) is 19.5 Å². The molecule has 136 valence electrons. The summed E-state index contributed by atoms with van der Waals surface area (Å²) in [5.74, 6) is 0.290. The van der Waals surface area contributed by atoms with E-state index in [1.54, 1.807) is 25.3 Å². The van der Waals surface area contributed by atoms with Gasteiger partial charge in [0.2, 0.25) is 5.82 Å². The molecule has 0 spiro atoms. The predicted molar refractivity (Wildman–Crippen MR) is 99.0 cm³/mol. The maximum absolute atomic E-state index is 13.7. The van der Waals surface area contributed by atoms with E-state index in [0.29, 0.717) is 16.0 Å². The smallest absolute Gasteiger partial charge is 0.328 e. The zero-order valence-electron chi connectivity index (χ0n) is 14.4. The number of nitrogens with one attached hydrogen (secondary N) is 1. The van der Waals surface area contributed by atoms with Gasteiger partial charge in [-0.3, -0.25) is 10.1 Å². The molecule has 0 aliphatic rings. The lowest BCUT2D eigenvalue weighted by Crippen LogP contribution is -2.06. The molecule has 0 bridgehead atoms. The molecule has 0 saturated heterocycles. The Balaban J connectivity index is 0.00000151. The van der Waals surface area contributed by atoms with Gasteiger partial charge in [-0.15, -0.1) is 0 Å². The zero-order chi connectivity index (χ0) is 19.0. The largest absolute Gasteiger partial charge is 0.497 e. The molecule has 0 amide bonds. The van der Waals surface area contributed by atoms with Crippen molar-refractivity contribution < 1.29 is 18.8 Å². The lowest BCUT2D eigenvalue weighted by Gasteiger charge is -2.13. The second kappa shape index (κ2) is 9.83. The number of methoxy groups -OCH3 is 2. The number of hydrogen-bond acceptors (Lipinski definition) is 5. The van der Waals surface area contributed by atoms with Crippen molar-refractivity contribution in [1.82, 2.24) is 0 Å². The minimum absolute atomic E-state index is 0.0767. The molecular weight excluding hydrogens is 395 g/mol. The fraction of sp³-hybridized carbons (Fsp3) is 0.294. The molecule has 0 aromatic heterocycles. The standard InChI is InChI=1S/C15H14BrFN2O4.C2H6/c1-22-10-4-3-9(13(7-10)23-2)8-18-14-11(16)5-6-12(17)15(14)19(20)21;1-2/h3-7,18H,8H2,1-2H3;1-2H3. The highest BCUT2D eigenvalue weighted by atomic mass is 79.9. The van der Waals surface area contributed by atoms with Gasteiger partial charge in [0.25, 0.3) is 0 Å². The van der Waals surface area contributed by atoms with Crippen molar-refractivity contribution in [3.63, 3.8) is 0 Å². The molecule has 2 aromatic rings. The zero-order valence-corrected chi connectivity index (χ0v) is 16.0. The molecule has 0 saturated carbocycles. The topological polar surface area (TPSA) is 73.6 Å². The maximum atomic E-state index is 13.7. The molecule has 0 atom stereocenters. The van der Waals surface area contributed by atoms with Crippen molar-refractivity contribution in [2.24, 2.45) is 0 Å². The number of rotatable bonds is 6. The van der Waals surface area contributed by atoms with Crippen LogP contribution in [0.4, 0.5) is 15.8 Å². The Hall–Kier alpha value is -2.35. The van der Waals surface area contributed by atoms with Gasteiger partial charge in [0.1, 0.15) is 17.2 Å². The predicted octanol–water partition coefficient (Wildman–Crippen LogP) is 5.15. The highest BCUT2D eigenvalue weighted by molar-refractivity contribution is 9.10. The lowest BCUT2D eigenvalue weighted by atomic mass is 10.1. The molecule has 0 unspecified atom stereocenters. The van der Waals surface area contributed by atoms with Crippen LogP contribution < -0.4 is 14.8 Å². The summed E-state index contributed by atoms with van der Waals surface area (Å²) in [5, 5.41) is 14.0. The van der Waals surface area contributed by atoms with E-state index in [2.05, 4.69) is 21.2 Å². The summed E-state index contributed by atoms with van der Waals surface area (Å²) in [6, 6.07) is 7.67. The molecular formula is C17H20BrFN2O4. The minimum Gasteiger partial charge on any atom is -0.497 e. The molecule has 25 heavy (non-hydrogen) atoms. The molecule has 0 radical (unpaired) electrons. The number of benzene rings is 2. The number of nitro groups is 1. The summed E-state index contributed by atoms with van der Waals surface area (Å²) in [6.45, 7) is 4.22. The Morgan fingerprint density at radius 1 is 1.20 bits per heavy atom. The average Bonchev–Trinajstić information content (AvgIpc) is 2.63. The van der Waals surface area contributed by atoms with Crippen LogP contribution >= 0.6 is 15.9 Å². The van der Waals surface area contributed by atoms with Crippen molar-refractivity contribution in [1.29, 1.82) is 0 Å². The fourth-order valence-electron chi connectivity index (χ4n) is 2.07. The third-order valence-electron chi connectivity index (χ3n) is 3.21. The Labute approximate surface area is 154 Å². The van der Waals surface area contributed by atoms with Crippen molar-refractivity contribution in [3.8, 4) is 11.5 Å². The fourth-order valence-corrected chi connectivity index (χ4v) is 2.53. The van der Waals surface area contributed by atoms with Crippen LogP contribution in [0.25, 0.3) is 0 Å². The number of halogens is 2. The number of nitro benzene ring substituents is 1. The van der Waals surface area contributed by atoms with E-state index in [9.17, 15) is 14.5 Å². The van der Waals surface area contributed by atoms with Crippen LogP contribution in [0.1, 0.15) is 19.4 Å². The monoisotopic (exact) mass is 414 g/mol. The number of ether oxygens (including phenoxy) is 2. The van der Waals surface area contributed by atoms with E-state index in [1.807, 2.05) is 13.8 Å². The van der Waals surface area contributed by atoms with Crippen molar-refractivity contribution >= 4 is 27.3 Å². The highest BCUT2D eigenvalue weighted by Crippen LogP contribution is 2.35. The molecule has 6 nitrogen and oxygen atoms in total. The van der Waals surface area contributed by atoms with E-state index in [4.69, 9.17) is 9.47 Å². The molecule has 8 heteroatoms. The highest BCUT2D eigenvalue weighted by Gasteiger charge is 2.23. The van der Waals surface area contributed by atoms with Gasteiger partial charge in [-0.05, 0) is 40.2 Å². The summed E-state index contributed by atoms with van der Waals surface area (Å²) in [7, 11) is 3.05. The van der Waals surface area contributed by atoms with E-state index in [1.165, 1.54) is 13.2 Å². The first-order valence-corrected chi connectivity index (χ1v) is 8.34. The van der Waals surface area contributed by atoms with Crippen molar-refractivity contribution in [3.05, 3.63) is 56.3 Å². The molecule has 2 rings (SSSR count). The molecule has 0 aliphatic heterocycles. The third-order valence-corrected chi connectivity index (χ3v) is 3.87. The van der Waals surface area contributed by atoms with Crippen LogP contribution in [0.5, 0.6) is 11.5 Å². The summed E-state index contributed by atoms with van der Waals surface area (Å²) in [4.78, 5) is 10.3. The summed E-state index contributed by atoms with van der Waals surface area (Å²) in [5.41, 5.74) is 0.221. The van der Waals surface area contributed by atoms with Gasteiger partial charge in [-0.25, -0.2) is 0 Å². The van der Waals surface area contributed by atoms with E-state index >= 15 is 0 Å². The number of hydrogen-bond donors (Lipinski definition) is 1. The first-order valence-electron chi connectivity index (χ1n) is 7.55. The van der Waals surface area contributed by atoms with Gasteiger partial charge in [-0.1, -0.05) is 13.8 Å². The first kappa shape index (κ1) is 20.7. The van der Waals surface area contributed by atoms with Crippen LogP contribution in [0, 0.1) is 15.9 Å². The second-order valence-electron chi connectivity index (χ2n) is 4.54. The quantitative estimate of drug-likeness (QED) is 0.522. The SMILES string of the molecule is CC.COc1ccc(CNc2c(Br)ccc(F)c2[N+](=O)[O-])c(OC)c1. The van der Waals surface area contributed by atoms with Crippen LogP contribution in [0.15, 0.2) is 34.8 Å². The lowest BCUT2D eigenvalue weighted by molar-refractivity contribution is -0.386. The molecule has 1 N–H and O–H groups in total. The molecule has 0 heterocycles. The minimum atomic E-state index is -0.901. The maximum Gasteiger partial charge on any atom is 0.328 e. The Kier molecular flexibility index (Phi) is 8.13. The summed E-state index contributed by atoms with van der Waals surface area (Å²) >= 11 is 3.20. The van der Waals surface area contributed by atoms with Gasteiger partial charge in [0.15, 0.2) is 0 Å². The van der Waals surface area contributed by atoms with E-state index < -0.39 is 16.4 Å². The van der Waals surface area contributed by atoms with E-state index in [0.717, 1.165) is 11.6 Å². The van der Waals surface area contributed by atoms with Gasteiger partial charge < -0.3 is 14.8 Å². The van der Waals surface area contributed by atoms with Gasteiger partial charge in [0.05, 0.1) is 19.1 Å². The van der Waals surface area contributed by atoms with Crippen LogP contribution in [0.2, 0.25) is 0 Å². The molecule has 2 aromatic carbocycles. The van der Waals surface area contributed by atoms with Gasteiger partial charge >= 0.3 is 5.69 Å². The van der Waals surface area contributed by atoms with Gasteiger partial charge in [0, 0.05) is 22.6 Å². The first-order chi connectivity index (χ1) is 12.0. The number of anilines is 1. The summed E-state index contributed by atoms with van der Waals surface area (Å²) < 4.78 is 24.5. The third kappa shape index (κ3) is 5.06. The Bertz CT molecular complexity index is 741. The van der Waals surface area contributed by atoms with Gasteiger partial charge in [-0.2, -0.15) is 4.39 Å². The summed E-state index contributed by atoms with van der Waals surface area (Å²) in [6.07, 6.45) is 0. The Morgan fingerprint density at radius 2 is 1.88 bits per heavy atom. The normalized spacial score (nSPS) is 9.68. The van der Waals surface area contributed by atoms with E-state index in [-0.39, 0.29) is 12.2 Å².